The molecule has 2 aromatic rings. The predicted octanol–water partition coefficient (Wildman–Crippen LogP) is 2.99. The lowest BCUT2D eigenvalue weighted by molar-refractivity contribution is 0.549. The summed E-state index contributed by atoms with van der Waals surface area (Å²) in [5.41, 5.74) is 1.31. The van der Waals surface area contributed by atoms with E-state index in [1.807, 2.05) is 24.0 Å². The average molecular weight is 261 g/mol. The van der Waals surface area contributed by atoms with Crippen molar-refractivity contribution < 1.29 is 0 Å². The predicted molar refractivity (Wildman–Crippen MR) is 76.7 cm³/mol. The highest BCUT2D eigenvalue weighted by molar-refractivity contribution is 7.98. The Kier molecular flexibility index (Phi) is 4.44. The van der Waals surface area contributed by atoms with Crippen LogP contribution in [0.3, 0.4) is 0 Å². The average Bonchev–Trinajstić information content (AvgIpc) is 2.81. The molecule has 0 saturated carbocycles. The van der Waals surface area contributed by atoms with Crippen LogP contribution in [0.4, 0.5) is 0 Å². The molecular formula is C14H19N3S. The zero-order valence-corrected chi connectivity index (χ0v) is 11.9. The molecule has 0 fully saturated rings. The molecule has 96 valence electrons. The van der Waals surface area contributed by atoms with Gasteiger partial charge in [-0.25, -0.2) is 4.98 Å². The largest absolute Gasteiger partial charge is 0.337 e. The van der Waals surface area contributed by atoms with E-state index in [2.05, 4.69) is 47.7 Å². The molecule has 0 radical (unpaired) electrons. The standard InChI is InChI=1S/C14H19N3S/c1-11(12-4-6-13(18-3)7-5-12)16-10-14-15-8-9-17(14)2/h4-9,11,16H,10H2,1-3H3. The number of hydrogen-bond acceptors (Lipinski definition) is 3. The van der Waals surface area contributed by atoms with Gasteiger partial charge in [0.2, 0.25) is 0 Å². The lowest BCUT2D eigenvalue weighted by atomic mass is 10.1. The number of imidazole rings is 1. The van der Waals surface area contributed by atoms with Crippen LogP contribution in [0.15, 0.2) is 41.6 Å². The molecule has 0 aliphatic carbocycles. The van der Waals surface area contributed by atoms with Crippen molar-refractivity contribution in [2.75, 3.05) is 6.26 Å². The lowest BCUT2D eigenvalue weighted by Crippen LogP contribution is -2.20. The van der Waals surface area contributed by atoms with Gasteiger partial charge < -0.3 is 9.88 Å². The Hall–Kier alpha value is -1.26. The number of benzene rings is 1. The van der Waals surface area contributed by atoms with Crippen LogP contribution in [0.25, 0.3) is 0 Å². The van der Waals surface area contributed by atoms with Gasteiger partial charge in [-0.2, -0.15) is 0 Å². The van der Waals surface area contributed by atoms with E-state index in [0.29, 0.717) is 6.04 Å². The number of aromatic nitrogens is 2. The Morgan fingerprint density at radius 1 is 1.33 bits per heavy atom. The van der Waals surface area contributed by atoms with Crippen molar-refractivity contribution in [2.24, 2.45) is 7.05 Å². The second-order valence-corrected chi connectivity index (χ2v) is 5.21. The monoisotopic (exact) mass is 261 g/mol. The first-order valence-electron chi connectivity index (χ1n) is 6.04. The summed E-state index contributed by atoms with van der Waals surface area (Å²) in [5.74, 6) is 1.06. The highest BCUT2D eigenvalue weighted by atomic mass is 32.2. The molecule has 0 aliphatic heterocycles. The summed E-state index contributed by atoms with van der Waals surface area (Å²) in [6.45, 7) is 2.96. The number of hydrogen-bond donors (Lipinski definition) is 1. The summed E-state index contributed by atoms with van der Waals surface area (Å²) in [7, 11) is 2.02. The summed E-state index contributed by atoms with van der Waals surface area (Å²) in [4.78, 5) is 5.61. The maximum atomic E-state index is 4.31. The van der Waals surface area contributed by atoms with E-state index < -0.39 is 0 Å². The summed E-state index contributed by atoms with van der Waals surface area (Å²) in [6, 6.07) is 9.03. The molecule has 2 rings (SSSR count). The van der Waals surface area contributed by atoms with Gasteiger partial charge in [0.15, 0.2) is 0 Å². The minimum atomic E-state index is 0.331. The number of thioether (sulfide) groups is 1. The quantitative estimate of drug-likeness (QED) is 0.839. The zero-order chi connectivity index (χ0) is 13.0. The lowest BCUT2D eigenvalue weighted by Gasteiger charge is -2.14. The summed E-state index contributed by atoms with van der Waals surface area (Å²) in [6.07, 6.45) is 5.89. The van der Waals surface area contributed by atoms with E-state index in [4.69, 9.17) is 0 Å². The second kappa shape index (κ2) is 6.07. The van der Waals surface area contributed by atoms with E-state index in [1.54, 1.807) is 11.8 Å². The Morgan fingerprint density at radius 2 is 2.06 bits per heavy atom. The molecule has 0 bridgehead atoms. The maximum Gasteiger partial charge on any atom is 0.122 e. The van der Waals surface area contributed by atoms with Gasteiger partial charge >= 0.3 is 0 Å². The second-order valence-electron chi connectivity index (χ2n) is 4.33. The van der Waals surface area contributed by atoms with Crippen molar-refractivity contribution in [3.63, 3.8) is 0 Å². The molecule has 0 aliphatic rings. The van der Waals surface area contributed by atoms with Crippen LogP contribution in [0, 0.1) is 0 Å². The normalized spacial score (nSPS) is 12.6. The van der Waals surface area contributed by atoms with E-state index in [1.165, 1.54) is 10.5 Å². The molecule has 1 aromatic heterocycles. The first-order valence-corrected chi connectivity index (χ1v) is 7.26. The topological polar surface area (TPSA) is 29.9 Å². The molecule has 18 heavy (non-hydrogen) atoms. The maximum absolute atomic E-state index is 4.31. The Balaban J connectivity index is 1.94. The molecule has 0 spiro atoms. The number of nitrogens with one attached hydrogen (secondary N) is 1. The minimum absolute atomic E-state index is 0.331. The summed E-state index contributed by atoms with van der Waals surface area (Å²) in [5, 5.41) is 3.49. The zero-order valence-electron chi connectivity index (χ0n) is 11.1. The van der Waals surface area contributed by atoms with Gasteiger partial charge in [0.1, 0.15) is 5.82 Å². The molecule has 1 heterocycles. The summed E-state index contributed by atoms with van der Waals surface area (Å²) >= 11 is 1.77. The van der Waals surface area contributed by atoms with Gasteiger partial charge in [0, 0.05) is 30.4 Å². The van der Waals surface area contributed by atoms with Crippen LogP contribution in [0.2, 0.25) is 0 Å². The van der Waals surface area contributed by atoms with Crippen molar-refractivity contribution >= 4 is 11.8 Å². The molecule has 1 aromatic carbocycles. The molecule has 3 nitrogen and oxygen atoms in total. The third-order valence-corrected chi connectivity index (χ3v) is 3.85. The smallest absolute Gasteiger partial charge is 0.122 e. The van der Waals surface area contributed by atoms with Gasteiger partial charge in [-0.15, -0.1) is 11.8 Å². The first-order chi connectivity index (χ1) is 8.70. The van der Waals surface area contributed by atoms with Crippen LogP contribution in [-0.4, -0.2) is 15.8 Å². The fourth-order valence-corrected chi connectivity index (χ4v) is 2.23. The van der Waals surface area contributed by atoms with Crippen LogP contribution >= 0.6 is 11.8 Å². The third-order valence-electron chi connectivity index (χ3n) is 3.10. The van der Waals surface area contributed by atoms with Gasteiger partial charge in [-0.05, 0) is 30.9 Å². The molecule has 1 unspecified atom stereocenters. The fourth-order valence-electron chi connectivity index (χ4n) is 1.82. The van der Waals surface area contributed by atoms with Gasteiger partial charge in [0.05, 0.1) is 6.54 Å². The molecule has 0 saturated heterocycles. The molecule has 0 amide bonds. The first kappa shape index (κ1) is 13.2. The van der Waals surface area contributed by atoms with Gasteiger partial charge in [-0.1, -0.05) is 12.1 Å². The van der Waals surface area contributed by atoms with E-state index in [9.17, 15) is 0 Å². The molecule has 1 atom stereocenters. The Morgan fingerprint density at radius 3 is 2.61 bits per heavy atom. The fraction of sp³-hybridized carbons (Fsp3) is 0.357. The van der Waals surface area contributed by atoms with Crippen molar-refractivity contribution in [2.45, 2.75) is 24.4 Å². The van der Waals surface area contributed by atoms with Gasteiger partial charge in [0.25, 0.3) is 0 Å². The van der Waals surface area contributed by atoms with E-state index in [-0.39, 0.29) is 0 Å². The SMILES string of the molecule is CSc1ccc(C(C)NCc2nccn2C)cc1. The van der Waals surface area contributed by atoms with Crippen LogP contribution in [0.5, 0.6) is 0 Å². The number of rotatable bonds is 5. The van der Waals surface area contributed by atoms with Crippen molar-refractivity contribution in [1.29, 1.82) is 0 Å². The van der Waals surface area contributed by atoms with Crippen molar-refractivity contribution in [1.82, 2.24) is 14.9 Å². The van der Waals surface area contributed by atoms with Crippen LogP contribution in [-0.2, 0) is 13.6 Å². The minimum Gasteiger partial charge on any atom is -0.337 e. The molecular weight excluding hydrogens is 242 g/mol. The van der Waals surface area contributed by atoms with E-state index >= 15 is 0 Å². The highest BCUT2D eigenvalue weighted by Crippen LogP contribution is 2.19. The van der Waals surface area contributed by atoms with Crippen LogP contribution in [0.1, 0.15) is 24.4 Å². The molecule has 4 heteroatoms. The highest BCUT2D eigenvalue weighted by Gasteiger charge is 2.06. The van der Waals surface area contributed by atoms with Crippen molar-refractivity contribution in [3.8, 4) is 0 Å². The summed E-state index contributed by atoms with van der Waals surface area (Å²) < 4.78 is 2.04. The number of aryl methyl sites for hydroxylation is 1. The van der Waals surface area contributed by atoms with Crippen molar-refractivity contribution in [3.05, 3.63) is 48.0 Å². The Bertz CT molecular complexity index is 490. The molecule has 1 N–H and O–H groups in total. The van der Waals surface area contributed by atoms with Gasteiger partial charge in [-0.3, -0.25) is 0 Å². The van der Waals surface area contributed by atoms with E-state index in [0.717, 1.165) is 12.4 Å². The third kappa shape index (κ3) is 3.15. The van der Waals surface area contributed by atoms with Crippen LogP contribution < -0.4 is 5.32 Å². The Labute approximate surface area is 113 Å². The number of nitrogens with zero attached hydrogens (tertiary/aromatic N) is 2.